The second-order valence-electron chi connectivity index (χ2n) is 4.62. The number of halogens is 2. The highest BCUT2D eigenvalue weighted by atomic mass is 19.2. The van der Waals surface area contributed by atoms with Gasteiger partial charge in [-0.05, 0) is 24.6 Å². The monoisotopic (exact) mass is 294 g/mol. The van der Waals surface area contributed by atoms with Crippen molar-refractivity contribution < 1.29 is 13.6 Å². The zero-order valence-corrected chi connectivity index (χ0v) is 11.4. The van der Waals surface area contributed by atoms with E-state index in [1.807, 2.05) is 0 Å². The van der Waals surface area contributed by atoms with Crippen molar-refractivity contribution in [3.63, 3.8) is 0 Å². The first-order valence-electron chi connectivity index (χ1n) is 6.06. The van der Waals surface area contributed by atoms with Crippen molar-refractivity contribution in [3.8, 4) is 0 Å². The molecule has 0 N–H and O–H groups in total. The van der Waals surface area contributed by atoms with Crippen LogP contribution in [0.3, 0.4) is 0 Å². The fourth-order valence-electron chi connectivity index (χ4n) is 1.92. The van der Waals surface area contributed by atoms with Gasteiger partial charge in [0.1, 0.15) is 0 Å². The summed E-state index contributed by atoms with van der Waals surface area (Å²) in [5, 5.41) is 0. The van der Waals surface area contributed by atoms with Crippen LogP contribution < -0.4 is 11.2 Å². The SMILES string of the molecule is CC(=O)c1cn(Cc2ccc(F)c(F)c2)c(=O)n(C)c1=O. The van der Waals surface area contributed by atoms with E-state index in [0.717, 1.165) is 27.5 Å². The van der Waals surface area contributed by atoms with Gasteiger partial charge in [0.15, 0.2) is 17.4 Å². The molecule has 1 aromatic carbocycles. The first kappa shape index (κ1) is 14.8. The van der Waals surface area contributed by atoms with Gasteiger partial charge in [-0.25, -0.2) is 13.6 Å². The maximum Gasteiger partial charge on any atom is 0.331 e. The molecule has 110 valence electrons. The lowest BCUT2D eigenvalue weighted by Crippen LogP contribution is -2.40. The van der Waals surface area contributed by atoms with E-state index < -0.39 is 28.7 Å². The minimum atomic E-state index is -1.03. The van der Waals surface area contributed by atoms with E-state index in [4.69, 9.17) is 0 Å². The molecule has 0 atom stereocenters. The number of carbonyl (C=O) groups excluding carboxylic acids is 1. The second-order valence-corrected chi connectivity index (χ2v) is 4.62. The lowest BCUT2D eigenvalue weighted by atomic mass is 10.2. The summed E-state index contributed by atoms with van der Waals surface area (Å²) in [6.45, 7) is 1.13. The molecule has 1 aromatic heterocycles. The minimum Gasteiger partial charge on any atom is -0.295 e. The van der Waals surface area contributed by atoms with Crippen LogP contribution in [0.25, 0.3) is 0 Å². The van der Waals surface area contributed by atoms with Crippen molar-refractivity contribution in [2.75, 3.05) is 0 Å². The van der Waals surface area contributed by atoms with Crippen molar-refractivity contribution in [2.45, 2.75) is 13.5 Å². The molecule has 0 aliphatic carbocycles. The van der Waals surface area contributed by atoms with Gasteiger partial charge in [-0.3, -0.25) is 18.7 Å². The highest BCUT2D eigenvalue weighted by Crippen LogP contribution is 2.09. The number of benzene rings is 1. The molecule has 0 spiro atoms. The van der Waals surface area contributed by atoms with E-state index in [1.165, 1.54) is 20.0 Å². The Bertz CT molecular complexity index is 837. The molecular weight excluding hydrogens is 282 g/mol. The van der Waals surface area contributed by atoms with Crippen LogP contribution in [0.2, 0.25) is 0 Å². The van der Waals surface area contributed by atoms with E-state index in [2.05, 4.69) is 0 Å². The zero-order valence-electron chi connectivity index (χ0n) is 11.4. The maximum atomic E-state index is 13.2. The van der Waals surface area contributed by atoms with Crippen LogP contribution in [0.5, 0.6) is 0 Å². The summed E-state index contributed by atoms with van der Waals surface area (Å²) in [6, 6.07) is 3.23. The Morgan fingerprint density at radius 2 is 1.86 bits per heavy atom. The Morgan fingerprint density at radius 1 is 1.19 bits per heavy atom. The molecule has 0 aliphatic heterocycles. The summed E-state index contributed by atoms with van der Waals surface area (Å²) in [6.07, 6.45) is 1.13. The molecule has 0 aliphatic rings. The van der Waals surface area contributed by atoms with Gasteiger partial charge in [0.2, 0.25) is 0 Å². The molecule has 0 saturated carbocycles. The van der Waals surface area contributed by atoms with Gasteiger partial charge in [-0.2, -0.15) is 0 Å². The fourth-order valence-corrected chi connectivity index (χ4v) is 1.92. The molecule has 2 aromatic rings. The molecule has 1 heterocycles. The van der Waals surface area contributed by atoms with Gasteiger partial charge in [-0.15, -0.1) is 0 Å². The Morgan fingerprint density at radius 3 is 2.43 bits per heavy atom. The molecule has 7 heteroatoms. The fraction of sp³-hybridized carbons (Fsp3) is 0.214. The second kappa shape index (κ2) is 5.43. The maximum absolute atomic E-state index is 13.2. The third kappa shape index (κ3) is 2.81. The Kier molecular flexibility index (Phi) is 3.84. The number of hydrogen-bond acceptors (Lipinski definition) is 3. The normalized spacial score (nSPS) is 10.7. The third-order valence-electron chi connectivity index (χ3n) is 3.07. The Labute approximate surface area is 118 Å². The standard InChI is InChI=1S/C14H12F2N2O3/c1-8(19)10-7-18(14(21)17(2)13(10)20)6-9-3-4-11(15)12(16)5-9/h3-5,7H,6H2,1-2H3. The van der Waals surface area contributed by atoms with E-state index in [0.29, 0.717) is 5.56 Å². The van der Waals surface area contributed by atoms with Crippen LogP contribution in [0.15, 0.2) is 34.0 Å². The lowest BCUT2D eigenvalue weighted by Gasteiger charge is -2.09. The van der Waals surface area contributed by atoms with Crippen LogP contribution in [0.1, 0.15) is 22.8 Å². The summed E-state index contributed by atoms with van der Waals surface area (Å²) in [7, 11) is 1.25. The average molecular weight is 294 g/mol. The largest absolute Gasteiger partial charge is 0.331 e. The van der Waals surface area contributed by atoms with Crippen molar-refractivity contribution in [3.05, 3.63) is 68.0 Å². The van der Waals surface area contributed by atoms with Crippen molar-refractivity contribution >= 4 is 5.78 Å². The smallest absolute Gasteiger partial charge is 0.295 e. The van der Waals surface area contributed by atoms with Crippen molar-refractivity contribution in [1.29, 1.82) is 0 Å². The number of rotatable bonds is 3. The molecule has 0 amide bonds. The average Bonchev–Trinajstić information content (AvgIpc) is 2.43. The van der Waals surface area contributed by atoms with Gasteiger partial charge in [0.25, 0.3) is 5.56 Å². The third-order valence-corrected chi connectivity index (χ3v) is 3.07. The number of carbonyl (C=O) groups is 1. The number of nitrogens with zero attached hydrogens (tertiary/aromatic N) is 2. The quantitative estimate of drug-likeness (QED) is 0.796. The number of Topliss-reactive ketones (excluding diaryl/α,β-unsaturated/α-hetero) is 1. The summed E-state index contributed by atoms with van der Waals surface area (Å²) >= 11 is 0. The molecule has 0 radical (unpaired) electrons. The Balaban J connectivity index is 2.54. The van der Waals surface area contributed by atoms with Gasteiger partial charge in [-0.1, -0.05) is 6.07 Å². The molecule has 5 nitrogen and oxygen atoms in total. The van der Waals surface area contributed by atoms with Crippen molar-refractivity contribution in [2.24, 2.45) is 7.05 Å². The first-order chi connectivity index (χ1) is 9.81. The van der Waals surface area contributed by atoms with Gasteiger partial charge >= 0.3 is 5.69 Å². The number of ketones is 1. The number of aromatic nitrogens is 2. The summed E-state index contributed by atoms with van der Waals surface area (Å²) in [5.74, 6) is -2.50. The van der Waals surface area contributed by atoms with Crippen LogP contribution in [0.4, 0.5) is 8.78 Å². The van der Waals surface area contributed by atoms with Gasteiger partial charge in [0, 0.05) is 13.2 Å². The summed E-state index contributed by atoms with van der Waals surface area (Å²) in [4.78, 5) is 35.1. The summed E-state index contributed by atoms with van der Waals surface area (Å²) < 4.78 is 27.9. The molecule has 21 heavy (non-hydrogen) atoms. The van der Waals surface area contributed by atoms with E-state index >= 15 is 0 Å². The number of hydrogen-bond donors (Lipinski definition) is 0. The van der Waals surface area contributed by atoms with Crippen LogP contribution >= 0.6 is 0 Å². The molecular formula is C14H12F2N2O3. The molecule has 0 unspecified atom stereocenters. The van der Waals surface area contributed by atoms with Gasteiger partial charge in [0.05, 0.1) is 12.1 Å². The Hall–Kier alpha value is -2.57. The van der Waals surface area contributed by atoms with E-state index in [9.17, 15) is 23.2 Å². The van der Waals surface area contributed by atoms with E-state index in [-0.39, 0.29) is 12.1 Å². The first-order valence-corrected chi connectivity index (χ1v) is 6.06. The predicted molar refractivity (Wildman–Crippen MR) is 71.4 cm³/mol. The minimum absolute atomic E-state index is 0.0789. The molecule has 2 rings (SSSR count). The van der Waals surface area contributed by atoms with E-state index in [1.54, 1.807) is 0 Å². The summed E-state index contributed by atoms with van der Waals surface area (Å²) in [5.41, 5.74) is -1.13. The molecule has 0 bridgehead atoms. The van der Waals surface area contributed by atoms with Crippen LogP contribution in [-0.2, 0) is 13.6 Å². The van der Waals surface area contributed by atoms with Crippen LogP contribution in [-0.4, -0.2) is 14.9 Å². The highest BCUT2D eigenvalue weighted by molar-refractivity contribution is 5.93. The molecule has 0 fully saturated rings. The van der Waals surface area contributed by atoms with Crippen LogP contribution in [0, 0.1) is 11.6 Å². The topological polar surface area (TPSA) is 61.1 Å². The van der Waals surface area contributed by atoms with Gasteiger partial charge < -0.3 is 0 Å². The highest BCUT2D eigenvalue weighted by Gasteiger charge is 2.13. The van der Waals surface area contributed by atoms with Crippen molar-refractivity contribution in [1.82, 2.24) is 9.13 Å². The lowest BCUT2D eigenvalue weighted by molar-refractivity contribution is 0.101. The molecule has 0 saturated heterocycles. The zero-order chi connectivity index (χ0) is 15.7. The predicted octanol–water partition coefficient (Wildman–Crippen LogP) is 1.08.